The highest BCUT2D eigenvalue weighted by Gasteiger charge is 2.30. The molecule has 2 atom stereocenters. The van der Waals surface area contributed by atoms with Crippen LogP contribution in [0, 0.1) is 5.41 Å². The van der Waals surface area contributed by atoms with Crippen LogP contribution in [0.3, 0.4) is 0 Å². The van der Waals surface area contributed by atoms with Crippen LogP contribution in [0.2, 0.25) is 0 Å². The average Bonchev–Trinajstić information content (AvgIpc) is 2.81. The summed E-state index contributed by atoms with van der Waals surface area (Å²) in [5.41, 5.74) is -0.0893. The minimum Gasteiger partial charge on any atom is -0.481 e. The monoisotopic (exact) mass is 300 g/mol. The predicted molar refractivity (Wildman–Crippen MR) is 80.2 cm³/mol. The van der Waals surface area contributed by atoms with E-state index in [1.54, 1.807) is 11.9 Å². The maximum absolute atomic E-state index is 12.1. The van der Waals surface area contributed by atoms with Crippen LogP contribution in [-0.4, -0.2) is 54.4 Å². The Morgan fingerprint density at radius 1 is 1.38 bits per heavy atom. The van der Waals surface area contributed by atoms with E-state index in [-0.39, 0.29) is 30.0 Å². The molecule has 1 aliphatic rings. The third-order valence-corrected chi connectivity index (χ3v) is 4.25. The number of amides is 2. The van der Waals surface area contributed by atoms with Crippen molar-refractivity contribution in [1.82, 2.24) is 10.2 Å². The maximum atomic E-state index is 12.1. The van der Waals surface area contributed by atoms with Crippen molar-refractivity contribution in [3.63, 3.8) is 0 Å². The number of hydrogen-bond donors (Lipinski definition) is 2. The largest absolute Gasteiger partial charge is 0.481 e. The van der Waals surface area contributed by atoms with Gasteiger partial charge in [-0.05, 0) is 31.6 Å². The molecule has 2 unspecified atom stereocenters. The molecule has 6 nitrogen and oxygen atoms in total. The SMILES string of the molecule is CC1OCCC1N(C)C(=O)NCCC(C)(C)CCC(=O)O. The van der Waals surface area contributed by atoms with Gasteiger partial charge in [-0.25, -0.2) is 4.79 Å². The third-order valence-electron chi connectivity index (χ3n) is 4.25. The van der Waals surface area contributed by atoms with E-state index < -0.39 is 5.97 Å². The van der Waals surface area contributed by atoms with Gasteiger partial charge < -0.3 is 20.1 Å². The molecular formula is C15H28N2O4. The number of urea groups is 1. The number of carbonyl (C=O) groups excluding carboxylic acids is 1. The van der Waals surface area contributed by atoms with Crippen molar-refractivity contribution < 1.29 is 19.4 Å². The molecule has 2 N–H and O–H groups in total. The second-order valence-corrected chi connectivity index (χ2v) is 6.58. The summed E-state index contributed by atoms with van der Waals surface area (Å²) in [7, 11) is 1.79. The maximum Gasteiger partial charge on any atom is 0.317 e. The van der Waals surface area contributed by atoms with Crippen LogP contribution in [0.5, 0.6) is 0 Å². The Morgan fingerprint density at radius 3 is 2.57 bits per heavy atom. The van der Waals surface area contributed by atoms with E-state index in [4.69, 9.17) is 9.84 Å². The Labute approximate surface area is 126 Å². The van der Waals surface area contributed by atoms with Crippen molar-refractivity contribution in [2.75, 3.05) is 20.2 Å². The number of hydrogen-bond acceptors (Lipinski definition) is 3. The topological polar surface area (TPSA) is 78.9 Å². The van der Waals surface area contributed by atoms with Crippen molar-refractivity contribution in [2.24, 2.45) is 5.41 Å². The first-order chi connectivity index (χ1) is 9.73. The van der Waals surface area contributed by atoms with E-state index in [0.717, 1.165) is 12.8 Å². The van der Waals surface area contributed by atoms with Gasteiger partial charge in [0.2, 0.25) is 0 Å². The van der Waals surface area contributed by atoms with Gasteiger partial charge in [0.25, 0.3) is 0 Å². The second kappa shape index (κ2) is 7.64. The molecule has 0 radical (unpaired) electrons. The molecule has 1 saturated heterocycles. The average molecular weight is 300 g/mol. The van der Waals surface area contributed by atoms with Crippen molar-refractivity contribution in [1.29, 1.82) is 0 Å². The number of likely N-dealkylation sites (N-methyl/N-ethyl adjacent to an activating group) is 1. The molecule has 1 heterocycles. The summed E-state index contributed by atoms with van der Waals surface area (Å²) in [6.07, 6.45) is 2.48. The van der Waals surface area contributed by atoms with Gasteiger partial charge in [-0.1, -0.05) is 13.8 Å². The van der Waals surface area contributed by atoms with E-state index in [2.05, 4.69) is 5.32 Å². The highest BCUT2D eigenvalue weighted by molar-refractivity contribution is 5.74. The second-order valence-electron chi connectivity index (χ2n) is 6.58. The van der Waals surface area contributed by atoms with Gasteiger partial charge in [-0.2, -0.15) is 0 Å². The summed E-state index contributed by atoms with van der Waals surface area (Å²) in [6.45, 7) is 7.29. The normalized spacial score (nSPS) is 22.1. The molecule has 1 rings (SSSR count). The van der Waals surface area contributed by atoms with Gasteiger partial charge in [-0.15, -0.1) is 0 Å². The van der Waals surface area contributed by atoms with Gasteiger partial charge in [0.1, 0.15) is 0 Å². The van der Waals surface area contributed by atoms with Crippen molar-refractivity contribution in [3.8, 4) is 0 Å². The highest BCUT2D eigenvalue weighted by Crippen LogP contribution is 2.26. The van der Waals surface area contributed by atoms with Gasteiger partial charge in [-0.3, -0.25) is 4.79 Å². The molecule has 0 aromatic heterocycles. The molecule has 21 heavy (non-hydrogen) atoms. The Morgan fingerprint density at radius 2 is 2.05 bits per heavy atom. The smallest absolute Gasteiger partial charge is 0.317 e. The van der Waals surface area contributed by atoms with E-state index >= 15 is 0 Å². The Kier molecular flexibility index (Phi) is 6.45. The molecule has 0 aromatic rings. The lowest BCUT2D eigenvalue weighted by Crippen LogP contribution is -2.46. The van der Waals surface area contributed by atoms with Crippen LogP contribution in [0.1, 0.15) is 46.5 Å². The van der Waals surface area contributed by atoms with Crippen LogP contribution in [0.25, 0.3) is 0 Å². The zero-order valence-electron chi connectivity index (χ0n) is 13.5. The quantitative estimate of drug-likeness (QED) is 0.754. The van der Waals surface area contributed by atoms with Crippen molar-refractivity contribution >= 4 is 12.0 Å². The molecule has 2 amide bonds. The van der Waals surface area contributed by atoms with E-state index in [0.29, 0.717) is 19.6 Å². The molecular weight excluding hydrogens is 272 g/mol. The molecule has 6 heteroatoms. The molecule has 1 fully saturated rings. The number of rotatable bonds is 7. The fraction of sp³-hybridized carbons (Fsp3) is 0.867. The number of nitrogens with one attached hydrogen (secondary N) is 1. The molecule has 0 saturated carbocycles. The van der Waals surface area contributed by atoms with Crippen LogP contribution in [0.4, 0.5) is 4.79 Å². The first-order valence-electron chi connectivity index (χ1n) is 7.57. The van der Waals surface area contributed by atoms with Crippen molar-refractivity contribution in [2.45, 2.75) is 58.6 Å². The summed E-state index contributed by atoms with van der Waals surface area (Å²) in [4.78, 5) is 24.4. The fourth-order valence-electron chi connectivity index (χ4n) is 2.58. The lowest BCUT2D eigenvalue weighted by Gasteiger charge is -2.28. The standard InChI is InChI=1S/C15H28N2O4/c1-11-12(6-10-21-11)17(4)14(20)16-9-8-15(2,3)7-5-13(18)19/h11-12H,5-10H2,1-4H3,(H,16,20)(H,18,19). The predicted octanol–water partition coefficient (Wildman–Crippen LogP) is 2.09. The number of ether oxygens (including phenoxy) is 1. The summed E-state index contributed by atoms with van der Waals surface area (Å²) >= 11 is 0. The van der Waals surface area contributed by atoms with E-state index in [1.165, 1.54) is 0 Å². The highest BCUT2D eigenvalue weighted by atomic mass is 16.5. The lowest BCUT2D eigenvalue weighted by molar-refractivity contribution is -0.137. The Bertz CT molecular complexity index is 371. The minimum atomic E-state index is -0.776. The van der Waals surface area contributed by atoms with Crippen LogP contribution >= 0.6 is 0 Å². The first kappa shape index (κ1) is 17.8. The number of carboxylic acids is 1. The molecule has 0 bridgehead atoms. The van der Waals surface area contributed by atoms with Gasteiger partial charge in [0, 0.05) is 26.6 Å². The molecule has 0 aromatic carbocycles. The molecule has 122 valence electrons. The summed E-state index contributed by atoms with van der Waals surface area (Å²) in [5.74, 6) is -0.776. The summed E-state index contributed by atoms with van der Waals surface area (Å²) in [5, 5.41) is 11.6. The van der Waals surface area contributed by atoms with Gasteiger partial charge in [0.05, 0.1) is 12.1 Å². The molecule has 1 aliphatic heterocycles. The number of aliphatic carboxylic acids is 1. The summed E-state index contributed by atoms with van der Waals surface area (Å²) in [6, 6.07) is 0.0383. The van der Waals surface area contributed by atoms with Crippen LogP contribution in [-0.2, 0) is 9.53 Å². The molecule has 0 spiro atoms. The number of nitrogens with zero attached hydrogens (tertiary/aromatic N) is 1. The first-order valence-corrected chi connectivity index (χ1v) is 7.57. The number of carboxylic acid groups (broad SMARTS) is 1. The third kappa shape index (κ3) is 5.91. The lowest BCUT2D eigenvalue weighted by atomic mass is 9.84. The van der Waals surface area contributed by atoms with Gasteiger partial charge in [0.15, 0.2) is 0 Å². The van der Waals surface area contributed by atoms with Crippen molar-refractivity contribution in [3.05, 3.63) is 0 Å². The minimum absolute atomic E-state index is 0.0766. The van der Waals surface area contributed by atoms with Gasteiger partial charge >= 0.3 is 12.0 Å². The zero-order valence-corrected chi connectivity index (χ0v) is 13.5. The van der Waals surface area contributed by atoms with Crippen LogP contribution < -0.4 is 5.32 Å². The summed E-state index contributed by atoms with van der Waals surface area (Å²) < 4.78 is 5.47. The van der Waals surface area contributed by atoms with E-state index in [9.17, 15) is 9.59 Å². The van der Waals surface area contributed by atoms with E-state index in [1.807, 2.05) is 20.8 Å². The zero-order chi connectivity index (χ0) is 16.0. The Balaban J connectivity index is 2.30. The van der Waals surface area contributed by atoms with Crippen LogP contribution in [0.15, 0.2) is 0 Å². The molecule has 0 aliphatic carbocycles. The number of carbonyl (C=O) groups is 2. The fourth-order valence-corrected chi connectivity index (χ4v) is 2.58. The Hall–Kier alpha value is -1.30.